The molecule has 8 nitrogen and oxygen atoms in total. The molecule has 0 spiro atoms. The van der Waals surface area contributed by atoms with E-state index >= 15 is 0 Å². The van der Waals surface area contributed by atoms with Crippen LogP contribution >= 0.6 is 0 Å². The summed E-state index contributed by atoms with van der Waals surface area (Å²) in [4.78, 5) is 16.2. The van der Waals surface area contributed by atoms with Crippen molar-refractivity contribution in [2.45, 2.75) is 26.3 Å². The molecule has 1 aliphatic carbocycles. The molecule has 8 heteroatoms. The van der Waals surface area contributed by atoms with E-state index in [1.54, 1.807) is 7.11 Å². The van der Waals surface area contributed by atoms with Crippen LogP contribution in [0.4, 0.5) is 0 Å². The third-order valence-corrected chi connectivity index (χ3v) is 4.39. The van der Waals surface area contributed by atoms with E-state index in [4.69, 9.17) is 4.74 Å². The highest BCUT2D eigenvalue weighted by molar-refractivity contribution is 5.81. The number of methoxy groups -OCH3 is 1. The van der Waals surface area contributed by atoms with Crippen molar-refractivity contribution in [2.24, 2.45) is 10.9 Å². The summed E-state index contributed by atoms with van der Waals surface area (Å²) >= 11 is 0. The second-order valence-electron chi connectivity index (χ2n) is 6.64. The van der Waals surface area contributed by atoms with Crippen molar-refractivity contribution in [3.63, 3.8) is 0 Å². The van der Waals surface area contributed by atoms with E-state index in [1.807, 2.05) is 48.1 Å². The van der Waals surface area contributed by atoms with Gasteiger partial charge in [-0.2, -0.15) is 5.10 Å². The van der Waals surface area contributed by atoms with E-state index in [9.17, 15) is 4.79 Å². The minimum atomic E-state index is 0.160. The molecule has 1 heterocycles. The summed E-state index contributed by atoms with van der Waals surface area (Å²) in [6.07, 6.45) is 3.96. The van der Waals surface area contributed by atoms with Crippen molar-refractivity contribution in [3.8, 4) is 11.4 Å². The van der Waals surface area contributed by atoms with Gasteiger partial charge in [0.1, 0.15) is 5.75 Å². The molecule has 150 valence electrons. The predicted molar refractivity (Wildman–Crippen MR) is 109 cm³/mol. The molecule has 3 rings (SSSR count). The van der Waals surface area contributed by atoms with Gasteiger partial charge in [0.05, 0.1) is 25.0 Å². The zero-order chi connectivity index (χ0) is 19.8. The SMILES string of the molecule is CCNC(=NCc1ccn(-c2ccc(OC)cc2)n1)NCCNC(=O)C1CC1. The molecule has 0 aliphatic heterocycles. The lowest BCUT2D eigenvalue weighted by Gasteiger charge is -2.11. The Kier molecular flexibility index (Phi) is 6.89. The van der Waals surface area contributed by atoms with Crippen LogP contribution in [0.3, 0.4) is 0 Å². The molecule has 3 N–H and O–H groups in total. The summed E-state index contributed by atoms with van der Waals surface area (Å²) in [6.45, 7) is 4.47. The molecule has 0 bridgehead atoms. The third-order valence-electron chi connectivity index (χ3n) is 4.39. The number of hydrogen-bond donors (Lipinski definition) is 3. The average molecular weight is 384 g/mol. The first kappa shape index (κ1) is 19.7. The Morgan fingerprint density at radius 3 is 2.61 bits per heavy atom. The second kappa shape index (κ2) is 9.77. The quantitative estimate of drug-likeness (QED) is 0.346. The van der Waals surface area contributed by atoms with Crippen LogP contribution in [-0.4, -0.2) is 48.4 Å². The number of carbonyl (C=O) groups is 1. The number of hydrogen-bond acceptors (Lipinski definition) is 4. The van der Waals surface area contributed by atoms with Crippen molar-refractivity contribution in [1.29, 1.82) is 0 Å². The summed E-state index contributed by atoms with van der Waals surface area (Å²) in [5, 5.41) is 13.9. The van der Waals surface area contributed by atoms with Gasteiger partial charge in [0.25, 0.3) is 0 Å². The number of aliphatic imine (C=N–C) groups is 1. The summed E-state index contributed by atoms with van der Waals surface area (Å²) in [5.41, 5.74) is 1.84. The fourth-order valence-corrected chi connectivity index (χ4v) is 2.68. The van der Waals surface area contributed by atoms with E-state index in [0.717, 1.165) is 36.5 Å². The fraction of sp³-hybridized carbons (Fsp3) is 0.450. The van der Waals surface area contributed by atoms with Crippen LogP contribution in [0.15, 0.2) is 41.5 Å². The Morgan fingerprint density at radius 1 is 1.18 bits per heavy atom. The number of carbonyl (C=O) groups excluding carboxylic acids is 1. The average Bonchev–Trinajstić information content (AvgIpc) is 3.47. The molecule has 1 saturated carbocycles. The van der Waals surface area contributed by atoms with Crippen molar-refractivity contribution in [3.05, 3.63) is 42.2 Å². The van der Waals surface area contributed by atoms with Crippen LogP contribution in [0.2, 0.25) is 0 Å². The Morgan fingerprint density at radius 2 is 1.93 bits per heavy atom. The lowest BCUT2D eigenvalue weighted by Crippen LogP contribution is -2.41. The zero-order valence-corrected chi connectivity index (χ0v) is 16.4. The maximum Gasteiger partial charge on any atom is 0.223 e. The first-order chi connectivity index (χ1) is 13.7. The first-order valence-electron chi connectivity index (χ1n) is 9.68. The molecule has 0 saturated heterocycles. The van der Waals surface area contributed by atoms with Crippen molar-refractivity contribution < 1.29 is 9.53 Å². The maximum absolute atomic E-state index is 11.6. The standard InChI is InChI=1S/C20H28N6O2/c1-3-21-20(23-12-11-22-19(27)15-4-5-15)24-14-16-10-13-26(25-16)17-6-8-18(28-2)9-7-17/h6-10,13,15H,3-5,11-12,14H2,1-2H3,(H,22,27)(H2,21,23,24). The number of rotatable bonds is 9. The van der Waals surface area contributed by atoms with Crippen LogP contribution in [0.25, 0.3) is 5.69 Å². The fourth-order valence-electron chi connectivity index (χ4n) is 2.68. The van der Waals surface area contributed by atoms with E-state index < -0.39 is 0 Å². The van der Waals surface area contributed by atoms with Gasteiger partial charge >= 0.3 is 0 Å². The first-order valence-corrected chi connectivity index (χ1v) is 9.68. The number of nitrogens with zero attached hydrogens (tertiary/aromatic N) is 3. The minimum Gasteiger partial charge on any atom is -0.497 e. The van der Waals surface area contributed by atoms with Crippen molar-refractivity contribution in [1.82, 2.24) is 25.7 Å². The van der Waals surface area contributed by atoms with E-state index in [1.165, 1.54) is 0 Å². The van der Waals surface area contributed by atoms with E-state index in [-0.39, 0.29) is 11.8 Å². The van der Waals surface area contributed by atoms with Gasteiger partial charge in [-0.1, -0.05) is 0 Å². The van der Waals surface area contributed by atoms with E-state index in [2.05, 4.69) is 26.0 Å². The molecular weight excluding hydrogens is 356 g/mol. The monoisotopic (exact) mass is 384 g/mol. The van der Waals surface area contributed by atoms with Crippen LogP contribution in [0.5, 0.6) is 5.75 Å². The normalized spacial score (nSPS) is 13.9. The van der Waals surface area contributed by atoms with Crippen molar-refractivity contribution in [2.75, 3.05) is 26.7 Å². The molecule has 1 aromatic heterocycles. The van der Waals surface area contributed by atoms with Crippen LogP contribution in [0.1, 0.15) is 25.5 Å². The Hall–Kier alpha value is -3.03. The Bertz CT molecular complexity index is 795. The van der Waals surface area contributed by atoms with Gasteiger partial charge in [-0.05, 0) is 50.1 Å². The second-order valence-corrected chi connectivity index (χ2v) is 6.64. The molecule has 1 aromatic carbocycles. The molecule has 1 amide bonds. The molecule has 1 aliphatic rings. The summed E-state index contributed by atoms with van der Waals surface area (Å²) < 4.78 is 7.00. The molecule has 1 fully saturated rings. The van der Waals surface area contributed by atoms with Gasteiger partial charge in [-0.15, -0.1) is 0 Å². The maximum atomic E-state index is 11.6. The summed E-state index contributed by atoms with van der Waals surface area (Å²) in [7, 11) is 1.65. The molecule has 28 heavy (non-hydrogen) atoms. The lowest BCUT2D eigenvalue weighted by atomic mass is 10.3. The topological polar surface area (TPSA) is 92.6 Å². The number of guanidine groups is 1. The molecule has 0 unspecified atom stereocenters. The number of aromatic nitrogens is 2. The smallest absolute Gasteiger partial charge is 0.223 e. The molecular formula is C20H28N6O2. The number of nitrogens with one attached hydrogen (secondary N) is 3. The minimum absolute atomic E-state index is 0.160. The van der Waals surface area contributed by atoms with Gasteiger partial charge in [0.2, 0.25) is 5.91 Å². The van der Waals surface area contributed by atoms with Gasteiger partial charge in [0.15, 0.2) is 5.96 Å². The number of benzene rings is 1. The van der Waals surface area contributed by atoms with Gasteiger partial charge in [-0.25, -0.2) is 9.67 Å². The van der Waals surface area contributed by atoms with Gasteiger partial charge in [0, 0.05) is 31.7 Å². The molecule has 0 radical (unpaired) electrons. The molecule has 2 aromatic rings. The highest BCUT2D eigenvalue weighted by atomic mass is 16.5. The van der Waals surface area contributed by atoms with Gasteiger partial charge in [-0.3, -0.25) is 4.79 Å². The largest absolute Gasteiger partial charge is 0.497 e. The number of ether oxygens (including phenoxy) is 1. The summed E-state index contributed by atoms with van der Waals surface area (Å²) in [5.74, 6) is 1.92. The number of amides is 1. The van der Waals surface area contributed by atoms with E-state index in [0.29, 0.717) is 25.6 Å². The zero-order valence-electron chi connectivity index (χ0n) is 16.4. The van der Waals surface area contributed by atoms with Gasteiger partial charge < -0.3 is 20.7 Å². The highest BCUT2D eigenvalue weighted by Gasteiger charge is 2.28. The predicted octanol–water partition coefficient (Wildman–Crippen LogP) is 1.46. The molecule has 0 atom stereocenters. The summed E-state index contributed by atoms with van der Waals surface area (Å²) in [6, 6.07) is 9.68. The lowest BCUT2D eigenvalue weighted by molar-refractivity contribution is -0.122. The van der Waals surface area contributed by atoms with Crippen LogP contribution in [-0.2, 0) is 11.3 Å². The van der Waals surface area contributed by atoms with Crippen LogP contribution < -0.4 is 20.7 Å². The Labute approximate surface area is 165 Å². The van der Waals surface area contributed by atoms with Crippen molar-refractivity contribution >= 4 is 11.9 Å². The Balaban J connectivity index is 1.50. The third kappa shape index (κ3) is 5.73. The van der Waals surface area contributed by atoms with Crippen LogP contribution in [0, 0.1) is 5.92 Å². The highest BCUT2D eigenvalue weighted by Crippen LogP contribution is 2.28.